The number of likely N-dealkylation sites (N-methyl/N-ethyl adjacent to an activating group) is 1. The van der Waals surface area contributed by atoms with Gasteiger partial charge in [-0.2, -0.15) is 0 Å². The first-order valence-corrected chi connectivity index (χ1v) is 12.1. The van der Waals surface area contributed by atoms with Crippen LogP contribution in [-0.4, -0.2) is 78.4 Å². The highest BCUT2D eigenvalue weighted by Gasteiger charge is 2.66. The fourth-order valence-corrected chi connectivity index (χ4v) is 5.42. The summed E-state index contributed by atoms with van der Waals surface area (Å²) in [5.41, 5.74) is -0.499. The van der Waals surface area contributed by atoms with Gasteiger partial charge in [0, 0.05) is 48.9 Å². The molecule has 35 heavy (non-hydrogen) atoms. The molecule has 2 amide bonds. The van der Waals surface area contributed by atoms with Crippen molar-refractivity contribution in [3.63, 3.8) is 0 Å². The van der Waals surface area contributed by atoms with Gasteiger partial charge in [-0.1, -0.05) is 29.8 Å². The molecule has 2 fully saturated rings. The number of ether oxygens (including phenoxy) is 1. The number of benzene rings is 2. The van der Waals surface area contributed by atoms with Gasteiger partial charge in [-0.3, -0.25) is 19.3 Å². The highest BCUT2D eigenvalue weighted by molar-refractivity contribution is 6.50. The van der Waals surface area contributed by atoms with E-state index in [1.165, 1.54) is 4.90 Å². The second-order valence-corrected chi connectivity index (χ2v) is 9.18. The van der Waals surface area contributed by atoms with Gasteiger partial charge in [0.1, 0.15) is 5.76 Å². The number of morpholine rings is 1. The number of carbonyl (C=O) groups excluding carboxylic acids is 3. The van der Waals surface area contributed by atoms with E-state index in [9.17, 15) is 19.5 Å². The Kier molecular flexibility index (Phi) is 6.13. The summed E-state index contributed by atoms with van der Waals surface area (Å²) in [6.07, 6.45) is 0. The molecule has 3 heterocycles. The van der Waals surface area contributed by atoms with Crippen LogP contribution in [0.25, 0.3) is 5.76 Å². The number of hydrogen-bond acceptors (Lipinski definition) is 6. The number of anilines is 1. The standard InChI is InChI=1S/C26H26ClN3O5/c1-2-29-20-6-4-3-5-19(20)26(25(29)34)21(22(31)17-7-9-18(27)10-8-17)23(32)24(33)30(26)12-11-28-13-15-35-16-14-28/h3-10,31H,2,11-16H2,1H3/t26-/m1/s1. The quantitative estimate of drug-likeness (QED) is 0.389. The molecule has 0 unspecified atom stereocenters. The van der Waals surface area contributed by atoms with Crippen LogP contribution in [0.2, 0.25) is 5.02 Å². The van der Waals surface area contributed by atoms with Gasteiger partial charge in [0.15, 0.2) is 5.54 Å². The van der Waals surface area contributed by atoms with Crippen LogP contribution in [0.4, 0.5) is 5.69 Å². The lowest BCUT2D eigenvalue weighted by Gasteiger charge is -2.36. The minimum absolute atomic E-state index is 0.152. The number of aliphatic hydroxyl groups excluding tert-OH is 1. The van der Waals surface area contributed by atoms with Crippen molar-refractivity contribution in [1.29, 1.82) is 0 Å². The Hall–Kier alpha value is -3.20. The van der Waals surface area contributed by atoms with Crippen LogP contribution in [0.1, 0.15) is 18.1 Å². The number of amides is 2. The van der Waals surface area contributed by atoms with E-state index in [2.05, 4.69) is 4.90 Å². The van der Waals surface area contributed by atoms with Gasteiger partial charge in [-0.05, 0) is 37.3 Å². The van der Waals surface area contributed by atoms with Crippen molar-refractivity contribution in [2.75, 3.05) is 50.8 Å². The van der Waals surface area contributed by atoms with Crippen LogP contribution in [0, 0.1) is 0 Å². The smallest absolute Gasteiger partial charge is 0.296 e. The third kappa shape index (κ3) is 3.55. The van der Waals surface area contributed by atoms with Crippen molar-refractivity contribution in [2.45, 2.75) is 12.5 Å². The number of para-hydroxylation sites is 1. The molecule has 3 aliphatic rings. The van der Waals surface area contributed by atoms with E-state index in [4.69, 9.17) is 16.3 Å². The molecule has 0 saturated carbocycles. The van der Waals surface area contributed by atoms with Crippen molar-refractivity contribution in [3.05, 3.63) is 70.3 Å². The lowest BCUT2D eigenvalue weighted by atomic mass is 9.82. The maximum atomic E-state index is 14.2. The maximum Gasteiger partial charge on any atom is 0.296 e. The number of rotatable bonds is 5. The fourth-order valence-electron chi connectivity index (χ4n) is 5.30. The number of Topliss-reactive ketones (excluding diaryl/α,β-unsaturated/α-hetero) is 1. The topological polar surface area (TPSA) is 90.4 Å². The van der Waals surface area contributed by atoms with Crippen molar-refractivity contribution >= 4 is 40.6 Å². The molecule has 0 radical (unpaired) electrons. The largest absolute Gasteiger partial charge is 0.507 e. The predicted molar refractivity (Wildman–Crippen MR) is 131 cm³/mol. The third-order valence-electron chi connectivity index (χ3n) is 6.99. The third-order valence-corrected chi connectivity index (χ3v) is 7.24. The van der Waals surface area contributed by atoms with Gasteiger partial charge in [-0.25, -0.2) is 0 Å². The SMILES string of the molecule is CCN1C(=O)[C@]2(C(=C(O)c3ccc(Cl)cc3)C(=O)C(=O)N2CCN2CCOCC2)c2ccccc21. The molecular formula is C26H26ClN3O5. The second kappa shape index (κ2) is 9.11. The summed E-state index contributed by atoms with van der Waals surface area (Å²) in [7, 11) is 0. The van der Waals surface area contributed by atoms with Crippen molar-refractivity contribution in [3.8, 4) is 0 Å². The zero-order chi connectivity index (χ0) is 24.7. The average Bonchev–Trinajstić information content (AvgIpc) is 3.26. The molecule has 8 nitrogen and oxygen atoms in total. The molecule has 2 aromatic rings. The van der Waals surface area contributed by atoms with Gasteiger partial charge in [0.25, 0.3) is 17.6 Å². The van der Waals surface area contributed by atoms with E-state index in [0.29, 0.717) is 61.2 Å². The summed E-state index contributed by atoms with van der Waals surface area (Å²) in [5.74, 6) is -2.48. The lowest BCUT2D eigenvalue weighted by Crippen LogP contribution is -2.54. The summed E-state index contributed by atoms with van der Waals surface area (Å²) in [4.78, 5) is 46.2. The molecule has 0 aliphatic carbocycles. The van der Waals surface area contributed by atoms with Crippen LogP contribution in [0.3, 0.4) is 0 Å². The molecule has 2 aromatic carbocycles. The minimum Gasteiger partial charge on any atom is -0.507 e. The Balaban J connectivity index is 1.70. The van der Waals surface area contributed by atoms with E-state index in [1.807, 2.05) is 13.0 Å². The second-order valence-electron chi connectivity index (χ2n) is 8.75. The predicted octanol–water partition coefficient (Wildman–Crippen LogP) is 2.61. The highest BCUT2D eigenvalue weighted by Crippen LogP contribution is 2.53. The van der Waals surface area contributed by atoms with E-state index in [-0.39, 0.29) is 12.1 Å². The summed E-state index contributed by atoms with van der Waals surface area (Å²) in [5, 5.41) is 11.9. The van der Waals surface area contributed by atoms with Gasteiger partial charge in [0.2, 0.25) is 0 Å². The Morgan fingerprint density at radius 2 is 1.71 bits per heavy atom. The average molecular weight is 496 g/mol. The Labute approximate surface area is 208 Å². The van der Waals surface area contributed by atoms with Crippen molar-refractivity contribution in [2.24, 2.45) is 0 Å². The van der Waals surface area contributed by atoms with E-state index >= 15 is 0 Å². The van der Waals surface area contributed by atoms with Gasteiger partial charge >= 0.3 is 0 Å². The monoisotopic (exact) mass is 495 g/mol. The highest BCUT2D eigenvalue weighted by atomic mass is 35.5. The molecular weight excluding hydrogens is 470 g/mol. The first-order chi connectivity index (χ1) is 16.9. The number of hydrogen-bond donors (Lipinski definition) is 1. The van der Waals surface area contributed by atoms with Gasteiger partial charge < -0.3 is 19.6 Å². The Morgan fingerprint density at radius 3 is 2.40 bits per heavy atom. The normalized spacial score (nSPS) is 24.0. The van der Waals surface area contributed by atoms with Crippen LogP contribution < -0.4 is 4.90 Å². The summed E-state index contributed by atoms with van der Waals surface area (Å²) < 4.78 is 5.41. The summed E-state index contributed by atoms with van der Waals surface area (Å²) >= 11 is 6.01. The van der Waals surface area contributed by atoms with Crippen molar-refractivity contribution in [1.82, 2.24) is 9.80 Å². The number of ketones is 1. The number of halogens is 1. The van der Waals surface area contributed by atoms with Crippen LogP contribution in [0.5, 0.6) is 0 Å². The maximum absolute atomic E-state index is 14.2. The van der Waals surface area contributed by atoms with Crippen LogP contribution in [-0.2, 0) is 24.7 Å². The molecule has 182 valence electrons. The van der Waals surface area contributed by atoms with Crippen molar-refractivity contribution < 1.29 is 24.2 Å². The zero-order valence-electron chi connectivity index (χ0n) is 19.4. The number of likely N-dealkylation sites (tertiary alicyclic amines) is 1. The molecule has 2 saturated heterocycles. The zero-order valence-corrected chi connectivity index (χ0v) is 20.1. The first kappa shape index (κ1) is 23.5. The number of fused-ring (bicyclic) bond motifs is 2. The van der Waals surface area contributed by atoms with E-state index in [1.54, 1.807) is 47.4 Å². The molecule has 1 spiro atoms. The number of aliphatic hydroxyl groups is 1. The summed E-state index contributed by atoms with van der Waals surface area (Å²) in [6.45, 7) is 5.40. The van der Waals surface area contributed by atoms with Crippen LogP contribution in [0.15, 0.2) is 54.1 Å². The minimum atomic E-state index is -1.74. The molecule has 3 aliphatic heterocycles. The molecule has 5 rings (SSSR count). The van der Waals surface area contributed by atoms with Crippen LogP contribution >= 0.6 is 11.6 Å². The Bertz CT molecular complexity index is 1220. The van der Waals surface area contributed by atoms with Gasteiger partial charge in [0.05, 0.1) is 24.5 Å². The van der Waals surface area contributed by atoms with E-state index < -0.39 is 28.9 Å². The molecule has 1 atom stereocenters. The van der Waals surface area contributed by atoms with Gasteiger partial charge in [-0.15, -0.1) is 0 Å². The summed E-state index contributed by atoms with van der Waals surface area (Å²) in [6, 6.07) is 13.4. The molecule has 9 heteroatoms. The molecule has 0 aromatic heterocycles. The molecule has 0 bridgehead atoms. The van der Waals surface area contributed by atoms with E-state index in [0.717, 1.165) is 0 Å². The first-order valence-electron chi connectivity index (χ1n) is 11.7. The Morgan fingerprint density at radius 1 is 1.03 bits per heavy atom. The number of nitrogens with zero attached hydrogens (tertiary/aromatic N) is 3. The lowest BCUT2D eigenvalue weighted by molar-refractivity contribution is -0.144. The number of carbonyl (C=O) groups is 3. The fraction of sp³-hybridized carbons (Fsp3) is 0.346. The molecule has 1 N–H and O–H groups in total.